The van der Waals surface area contributed by atoms with Crippen molar-refractivity contribution in [2.75, 3.05) is 57.9 Å². The molecule has 1 atom stereocenters. The normalized spacial score (nSPS) is 14.2. The SMILES string of the molecule is CCOCCN(C)C(=O)[C@H](Cc1ccccc1)N(Cc1ccc(N2CCN(C(C)=O)CC2)cc1)C(=O)C=Cc1ccc(C(F)(F)F)cc1. The lowest BCUT2D eigenvalue weighted by atomic mass is 10.0. The van der Waals surface area contributed by atoms with Crippen molar-refractivity contribution in [1.29, 1.82) is 0 Å². The molecule has 3 amide bonds. The Hall–Kier alpha value is -4.64. The van der Waals surface area contributed by atoms with E-state index >= 15 is 0 Å². The zero-order valence-electron chi connectivity index (χ0n) is 27.7. The number of anilines is 1. The van der Waals surface area contributed by atoms with Gasteiger partial charge in [0.1, 0.15) is 6.04 Å². The van der Waals surface area contributed by atoms with E-state index in [1.54, 1.807) is 18.9 Å². The second-order valence-electron chi connectivity index (χ2n) is 11.7. The molecule has 8 nitrogen and oxygen atoms in total. The van der Waals surface area contributed by atoms with Crippen LogP contribution in [-0.4, -0.2) is 91.4 Å². The Labute approximate surface area is 280 Å². The molecule has 1 heterocycles. The van der Waals surface area contributed by atoms with Gasteiger partial charge < -0.3 is 24.3 Å². The van der Waals surface area contributed by atoms with Crippen molar-refractivity contribution in [1.82, 2.24) is 14.7 Å². The second-order valence-corrected chi connectivity index (χ2v) is 11.7. The second kappa shape index (κ2) is 17.0. The molecule has 3 aromatic rings. The van der Waals surface area contributed by atoms with Gasteiger partial charge in [-0.15, -0.1) is 0 Å². The summed E-state index contributed by atoms with van der Waals surface area (Å²) in [6.07, 6.45) is -1.44. The fourth-order valence-corrected chi connectivity index (χ4v) is 5.56. The minimum Gasteiger partial charge on any atom is -0.380 e. The molecular formula is C37H43F3N4O4. The highest BCUT2D eigenvalue weighted by Gasteiger charge is 2.32. The van der Waals surface area contributed by atoms with Crippen LogP contribution in [-0.2, 0) is 38.3 Å². The fraction of sp³-hybridized carbons (Fsp3) is 0.378. The van der Waals surface area contributed by atoms with Gasteiger partial charge >= 0.3 is 6.18 Å². The van der Waals surface area contributed by atoms with Gasteiger partial charge in [0.15, 0.2) is 0 Å². The minimum absolute atomic E-state index is 0.0604. The summed E-state index contributed by atoms with van der Waals surface area (Å²) in [6.45, 7) is 7.47. The van der Waals surface area contributed by atoms with Crippen LogP contribution in [0.4, 0.5) is 18.9 Å². The molecule has 0 saturated carbocycles. The molecule has 11 heteroatoms. The number of likely N-dealkylation sites (N-methyl/N-ethyl adjacent to an activating group) is 1. The maximum atomic E-state index is 14.0. The average Bonchev–Trinajstić information content (AvgIpc) is 3.09. The highest BCUT2D eigenvalue weighted by molar-refractivity contribution is 5.95. The van der Waals surface area contributed by atoms with E-state index < -0.39 is 23.7 Å². The molecule has 0 aliphatic carbocycles. The molecule has 0 unspecified atom stereocenters. The van der Waals surface area contributed by atoms with Gasteiger partial charge in [-0.1, -0.05) is 54.6 Å². The summed E-state index contributed by atoms with van der Waals surface area (Å²) >= 11 is 0. The zero-order valence-corrected chi connectivity index (χ0v) is 27.7. The van der Waals surface area contributed by atoms with Crippen LogP contribution in [0.25, 0.3) is 6.08 Å². The number of rotatable bonds is 13. The lowest BCUT2D eigenvalue weighted by Crippen LogP contribution is -2.51. The Kier molecular flexibility index (Phi) is 12.8. The number of alkyl halides is 3. The molecule has 48 heavy (non-hydrogen) atoms. The Morgan fingerprint density at radius 2 is 1.54 bits per heavy atom. The van der Waals surface area contributed by atoms with Gasteiger partial charge in [-0.25, -0.2) is 0 Å². The van der Waals surface area contributed by atoms with Crippen molar-refractivity contribution in [3.8, 4) is 0 Å². The molecule has 0 aromatic heterocycles. The van der Waals surface area contributed by atoms with E-state index in [9.17, 15) is 27.6 Å². The van der Waals surface area contributed by atoms with Crippen molar-refractivity contribution in [3.05, 3.63) is 107 Å². The van der Waals surface area contributed by atoms with Crippen molar-refractivity contribution in [3.63, 3.8) is 0 Å². The van der Waals surface area contributed by atoms with E-state index in [0.29, 0.717) is 51.5 Å². The summed E-state index contributed by atoms with van der Waals surface area (Å²) in [7, 11) is 1.68. The van der Waals surface area contributed by atoms with Gasteiger partial charge in [0.05, 0.1) is 12.2 Å². The molecule has 1 saturated heterocycles. The van der Waals surface area contributed by atoms with Crippen molar-refractivity contribution in [2.45, 2.75) is 39.0 Å². The molecule has 1 aliphatic rings. The number of halogens is 3. The van der Waals surface area contributed by atoms with Crippen molar-refractivity contribution in [2.24, 2.45) is 0 Å². The standard InChI is InChI=1S/C37H43F3N4O4/c1-4-48-25-24-41(3)36(47)34(26-30-8-6-5-7-9-30)44(35(46)19-14-29-10-15-32(16-11-29)37(38,39)40)27-31-12-17-33(18-13-31)43-22-20-42(21-23-43)28(2)45/h5-19,34H,4,20-27H2,1-3H3/t34-/m0/s1. The van der Waals surface area contributed by atoms with Gasteiger partial charge in [-0.05, 0) is 54.0 Å². The quantitative estimate of drug-likeness (QED) is 0.178. The Bertz CT molecular complexity index is 1520. The van der Waals surface area contributed by atoms with Crippen LogP contribution < -0.4 is 4.90 Å². The van der Waals surface area contributed by atoms with Crippen LogP contribution in [0.2, 0.25) is 0 Å². The van der Waals surface area contributed by atoms with Gasteiger partial charge in [-0.3, -0.25) is 14.4 Å². The smallest absolute Gasteiger partial charge is 0.380 e. The molecule has 256 valence electrons. The molecule has 3 aromatic carbocycles. The van der Waals surface area contributed by atoms with Crippen LogP contribution in [0.1, 0.15) is 36.1 Å². The predicted octanol–water partition coefficient (Wildman–Crippen LogP) is 5.52. The number of piperazine rings is 1. The van der Waals surface area contributed by atoms with Gasteiger partial charge in [-0.2, -0.15) is 13.2 Å². The fourth-order valence-electron chi connectivity index (χ4n) is 5.56. The summed E-state index contributed by atoms with van der Waals surface area (Å²) in [5, 5.41) is 0. The van der Waals surface area contributed by atoms with Gasteiger partial charge in [0.2, 0.25) is 17.7 Å². The largest absolute Gasteiger partial charge is 0.416 e. The molecule has 0 spiro atoms. The molecule has 4 rings (SSSR count). The lowest BCUT2D eigenvalue weighted by molar-refractivity contribution is -0.143. The maximum Gasteiger partial charge on any atom is 0.416 e. The van der Waals surface area contributed by atoms with E-state index in [1.165, 1.54) is 29.2 Å². The number of carbonyl (C=O) groups is 3. The van der Waals surface area contributed by atoms with E-state index in [4.69, 9.17) is 4.74 Å². The highest BCUT2D eigenvalue weighted by atomic mass is 19.4. The minimum atomic E-state index is -4.47. The van der Waals surface area contributed by atoms with Crippen LogP contribution >= 0.6 is 0 Å². The number of benzene rings is 3. The first-order chi connectivity index (χ1) is 23.0. The van der Waals surface area contributed by atoms with E-state index in [2.05, 4.69) is 4.90 Å². The molecular weight excluding hydrogens is 621 g/mol. The van der Waals surface area contributed by atoms with E-state index in [1.807, 2.05) is 66.4 Å². The summed E-state index contributed by atoms with van der Waals surface area (Å²) < 4.78 is 44.7. The van der Waals surface area contributed by atoms with Crippen LogP contribution in [0.3, 0.4) is 0 Å². The first kappa shape index (κ1) is 36.2. The third kappa shape index (κ3) is 10.2. The summed E-state index contributed by atoms with van der Waals surface area (Å²) in [5.41, 5.74) is 2.32. The Balaban J connectivity index is 1.62. The number of nitrogens with zero attached hydrogens (tertiary/aromatic N) is 4. The topological polar surface area (TPSA) is 73.4 Å². The first-order valence-electron chi connectivity index (χ1n) is 16.1. The van der Waals surface area contributed by atoms with E-state index in [0.717, 1.165) is 28.9 Å². The summed E-state index contributed by atoms with van der Waals surface area (Å²) in [4.78, 5) is 46.9. The third-order valence-electron chi connectivity index (χ3n) is 8.40. The van der Waals surface area contributed by atoms with Crippen molar-refractivity contribution < 1.29 is 32.3 Å². The molecule has 1 fully saturated rings. The van der Waals surface area contributed by atoms with Gasteiger partial charge in [0.25, 0.3) is 0 Å². The van der Waals surface area contributed by atoms with Crippen LogP contribution in [0.5, 0.6) is 0 Å². The zero-order chi connectivity index (χ0) is 34.7. The molecule has 0 radical (unpaired) electrons. The Morgan fingerprint density at radius 3 is 2.12 bits per heavy atom. The maximum absolute atomic E-state index is 14.0. The highest BCUT2D eigenvalue weighted by Crippen LogP contribution is 2.29. The number of amides is 3. The van der Waals surface area contributed by atoms with E-state index in [-0.39, 0.29) is 24.8 Å². The number of carbonyl (C=O) groups excluding carboxylic acids is 3. The third-order valence-corrected chi connectivity index (χ3v) is 8.40. The summed E-state index contributed by atoms with van der Waals surface area (Å²) in [6, 6.07) is 20.9. The Morgan fingerprint density at radius 1 is 0.896 bits per heavy atom. The molecule has 0 N–H and O–H groups in total. The van der Waals surface area contributed by atoms with Crippen LogP contribution in [0.15, 0.2) is 84.9 Å². The predicted molar refractivity (Wildman–Crippen MR) is 180 cm³/mol. The number of hydrogen-bond acceptors (Lipinski definition) is 5. The first-order valence-corrected chi connectivity index (χ1v) is 16.1. The number of ether oxygens (including phenoxy) is 1. The van der Waals surface area contributed by atoms with Crippen LogP contribution in [0, 0.1) is 0 Å². The van der Waals surface area contributed by atoms with Crippen molar-refractivity contribution >= 4 is 29.5 Å². The average molecular weight is 665 g/mol. The number of hydrogen-bond donors (Lipinski definition) is 0. The summed E-state index contributed by atoms with van der Waals surface area (Å²) in [5.74, 6) is -0.646. The van der Waals surface area contributed by atoms with Gasteiger partial charge in [0, 0.05) is 78.0 Å². The molecule has 0 bridgehead atoms. The molecule has 1 aliphatic heterocycles. The monoisotopic (exact) mass is 664 g/mol. The lowest BCUT2D eigenvalue weighted by Gasteiger charge is -2.36.